The number of aromatic hydroxyl groups is 1. The third-order valence-corrected chi connectivity index (χ3v) is 6.91. The first kappa shape index (κ1) is 39.7. The Hall–Kier alpha value is -6.04. The van der Waals surface area contributed by atoms with Crippen LogP contribution in [0.4, 0.5) is 29.2 Å². The van der Waals surface area contributed by atoms with Gasteiger partial charge in [-0.15, -0.1) is 0 Å². The SMILES string of the molecule is [N-]=[N+]=NCCOCCOCCNC(=O)c1ccc(Nc2nc(NCCOCCOCCNC(=O)c3ccccc3)nc(Nc3cccc(O)c3)n2)cc1. The fraction of sp³-hybridized carbons (Fsp3) is 0.343. The van der Waals surface area contributed by atoms with Gasteiger partial charge in [-0.2, -0.15) is 15.0 Å². The predicted octanol–water partition coefficient (Wildman–Crippen LogP) is 4.01. The van der Waals surface area contributed by atoms with Gasteiger partial charge in [0.25, 0.3) is 11.8 Å². The molecule has 53 heavy (non-hydrogen) atoms. The number of anilines is 5. The minimum Gasteiger partial charge on any atom is -0.508 e. The van der Waals surface area contributed by atoms with E-state index in [1.807, 2.05) is 18.2 Å². The Morgan fingerprint density at radius 2 is 1.17 bits per heavy atom. The van der Waals surface area contributed by atoms with Gasteiger partial charge in [-0.1, -0.05) is 29.4 Å². The molecule has 0 unspecified atom stereocenters. The van der Waals surface area contributed by atoms with Gasteiger partial charge in [-0.25, -0.2) is 0 Å². The van der Waals surface area contributed by atoms with E-state index in [4.69, 9.17) is 24.5 Å². The highest BCUT2D eigenvalue weighted by atomic mass is 16.5. The summed E-state index contributed by atoms with van der Waals surface area (Å²) in [7, 11) is 0. The van der Waals surface area contributed by atoms with Gasteiger partial charge in [0.15, 0.2) is 0 Å². The van der Waals surface area contributed by atoms with Crippen molar-refractivity contribution in [3.8, 4) is 5.75 Å². The quantitative estimate of drug-likeness (QED) is 0.0245. The van der Waals surface area contributed by atoms with Crippen molar-refractivity contribution in [2.75, 3.05) is 95.0 Å². The molecule has 4 aromatic rings. The molecule has 280 valence electrons. The highest BCUT2D eigenvalue weighted by Crippen LogP contribution is 2.21. The van der Waals surface area contributed by atoms with Crippen LogP contribution in [0.2, 0.25) is 0 Å². The van der Waals surface area contributed by atoms with E-state index in [0.29, 0.717) is 95.0 Å². The monoisotopic (exact) mass is 729 g/mol. The number of ether oxygens (including phenoxy) is 4. The van der Waals surface area contributed by atoms with Crippen LogP contribution in [0.1, 0.15) is 20.7 Å². The van der Waals surface area contributed by atoms with Crippen molar-refractivity contribution in [2.24, 2.45) is 5.11 Å². The molecule has 6 N–H and O–H groups in total. The zero-order valence-corrected chi connectivity index (χ0v) is 29.1. The molecule has 18 heteroatoms. The lowest BCUT2D eigenvalue weighted by molar-refractivity contribution is 0.0511. The molecule has 0 aliphatic rings. The largest absolute Gasteiger partial charge is 0.508 e. The van der Waals surface area contributed by atoms with Crippen LogP contribution >= 0.6 is 0 Å². The molecule has 0 bridgehead atoms. The van der Waals surface area contributed by atoms with Gasteiger partial charge in [0.2, 0.25) is 17.8 Å². The van der Waals surface area contributed by atoms with E-state index in [1.54, 1.807) is 54.6 Å². The van der Waals surface area contributed by atoms with Crippen LogP contribution in [-0.4, -0.2) is 111 Å². The molecule has 2 amide bonds. The Kier molecular flexibility index (Phi) is 17.6. The van der Waals surface area contributed by atoms with Crippen molar-refractivity contribution in [3.05, 3.63) is 100 Å². The maximum absolute atomic E-state index is 12.6. The first-order valence-corrected chi connectivity index (χ1v) is 16.9. The second-order valence-corrected chi connectivity index (χ2v) is 10.9. The Morgan fingerprint density at radius 3 is 1.77 bits per heavy atom. The summed E-state index contributed by atoms with van der Waals surface area (Å²) in [6, 6.07) is 22.3. The van der Waals surface area contributed by atoms with Crippen LogP contribution < -0.4 is 26.6 Å². The Morgan fingerprint density at radius 1 is 0.623 bits per heavy atom. The predicted molar refractivity (Wildman–Crippen MR) is 198 cm³/mol. The molecule has 0 aliphatic heterocycles. The number of hydrogen-bond donors (Lipinski definition) is 6. The molecular weight excluding hydrogens is 686 g/mol. The van der Waals surface area contributed by atoms with Gasteiger partial charge in [-0.3, -0.25) is 9.59 Å². The van der Waals surface area contributed by atoms with Gasteiger partial charge in [0.05, 0.1) is 52.9 Å². The van der Waals surface area contributed by atoms with Crippen LogP contribution in [0.15, 0.2) is 84.0 Å². The van der Waals surface area contributed by atoms with E-state index < -0.39 is 0 Å². The van der Waals surface area contributed by atoms with Crippen molar-refractivity contribution in [1.29, 1.82) is 0 Å². The number of amides is 2. The fourth-order valence-corrected chi connectivity index (χ4v) is 4.41. The molecule has 1 heterocycles. The van der Waals surface area contributed by atoms with Gasteiger partial charge in [0, 0.05) is 59.7 Å². The summed E-state index contributed by atoms with van der Waals surface area (Å²) < 4.78 is 21.9. The number of phenols is 1. The first-order chi connectivity index (χ1) is 26.0. The van der Waals surface area contributed by atoms with Crippen molar-refractivity contribution < 1.29 is 33.6 Å². The summed E-state index contributed by atoms with van der Waals surface area (Å²) in [6.45, 7) is 4.18. The minimum absolute atomic E-state index is 0.0837. The van der Waals surface area contributed by atoms with E-state index in [0.717, 1.165) is 0 Å². The zero-order valence-electron chi connectivity index (χ0n) is 29.1. The lowest BCUT2D eigenvalue weighted by atomic mass is 10.2. The molecule has 0 radical (unpaired) electrons. The summed E-state index contributed by atoms with van der Waals surface area (Å²) in [5, 5.41) is 28.2. The molecule has 0 spiro atoms. The fourth-order valence-electron chi connectivity index (χ4n) is 4.41. The van der Waals surface area contributed by atoms with E-state index in [1.165, 1.54) is 6.07 Å². The average molecular weight is 730 g/mol. The number of phenolic OH excluding ortho intramolecular Hbond substituents is 1. The molecule has 0 fully saturated rings. The van der Waals surface area contributed by atoms with Gasteiger partial charge in [-0.05, 0) is 54.1 Å². The second-order valence-electron chi connectivity index (χ2n) is 10.9. The highest BCUT2D eigenvalue weighted by Gasteiger charge is 2.10. The number of benzene rings is 3. The highest BCUT2D eigenvalue weighted by molar-refractivity contribution is 5.94. The van der Waals surface area contributed by atoms with Gasteiger partial charge >= 0.3 is 0 Å². The number of rotatable bonds is 25. The van der Waals surface area contributed by atoms with Crippen LogP contribution in [0.3, 0.4) is 0 Å². The number of azide groups is 1. The summed E-state index contributed by atoms with van der Waals surface area (Å²) in [5.41, 5.74) is 10.5. The van der Waals surface area contributed by atoms with Crippen LogP contribution in [0, 0.1) is 0 Å². The maximum Gasteiger partial charge on any atom is 0.251 e. The zero-order chi connectivity index (χ0) is 37.4. The molecule has 0 aliphatic carbocycles. The van der Waals surface area contributed by atoms with Crippen LogP contribution in [-0.2, 0) is 18.9 Å². The van der Waals surface area contributed by atoms with Crippen molar-refractivity contribution in [1.82, 2.24) is 25.6 Å². The minimum atomic E-state index is -0.254. The van der Waals surface area contributed by atoms with E-state index in [9.17, 15) is 14.7 Å². The normalized spacial score (nSPS) is 10.6. The van der Waals surface area contributed by atoms with E-state index in [2.05, 4.69) is 51.6 Å². The second kappa shape index (κ2) is 23.4. The smallest absolute Gasteiger partial charge is 0.251 e. The van der Waals surface area contributed by atoms with Crippen molar-refractivity contribution >= 4 is 41.0 Å². The average Bonchev–Trinajstić information content (AvgIpc) is 3.16. The molecule has 0 saturated heterocycles. The van der Waals surface area contributed by atoms with E-state index in [-0.39, 0.29) is 42.0 Å². The summed E-state index contributed by atoms with van der Waals surface area (Å²) >= 11 is 0. The van der Waals surface area contributed by atoms with E-state index >= 15 is 0 Å². The number of carbonyl (C=O) groups excluding carboxylic acids is 2. The molecule has 3 aromatic carbocycles. The lowest BCUT2D eigenvalue weighted by Crippen LogP contribution is -2.27. The Labute approximate surface area is 306 Å². The first-order valence-electron chi connectivity index (χ1n) is 16.9. The number of hydrogen-bond acceptors (Lipinski definition) is 14. The topological polar surface area (TPSA) is 239 Å². The molecule has 0 saturated carbocycles. The molecule has 1 aromatic heterocycles. The number of nitrogens with one attached hydrogen (secondary N) is 5. The van der Waals surface area contributed by atoms with Gasteiger partial charge < -0.3 is 50.6 Å². The molecule has 18 nitrogen and oxygen atoms in total. The van der Waals surface area contributed by atoms with Crippen LogP contribution in [0.5, 0.6) is 5.75 Å². The third-order valence-electron chi connectivity index (χ3n) is 6.91. The summed E-state index contributed by atoms with van der Waals surface area (Å²) in [4.78, 5) is 40.7. The lowest BCUT2D eigenvalue weighted by Gasteiger charge is -2.12. The third kappa shape index (κ3) is 15.8. The standard InChI is InChI=1S/C35H43N11O7/c36-46-40-16-20-53-24-23-51-18-14-38-32(49)27-9-11-28(12-10-27)41-34-43-33(44-35(45-34)42-29-7-4-8-30(47)25-29)39-15-19-52-22-21-50-17-13-37-31(48)26-5-2-1-3-6-26/h1-12,25,47H,13-24H2,(H,37,48)(H,38,49)(H3,39,41,42,43,44,45). The number of aromatic nitrogens is 3. The van der Waals surface area contributed by atoms with Crippen molar-refractivity contribution in [3.63, 3.8) is 0 Å². The number of nitrogens with zero attached hydrogens (tertiary/aromatic N) is 6. The Balaban J connectivity index is 1.20. The van der Waals surface area contributed by atoms with Gasteiger partial charge in [0.1, 0.15) is 5.75 Å². The molecular formula is C35H43N11O7. The summed E-state index contributed by atoms with van der Waals surface area (Å²) in [5.74, 6) is 0.414. The molecule has 0 atom stereocenters. The maximum atomic E-state index is 12.6. The van der Waals surface area contributed by atoms with Crippen molar-refractivity contribution in [2.45, 2.75) is 0 Å². The summed E-state index contributed by atoms with van der Waals surface area (Å²) in [6.07, 6.45) is 0. The number of carbonyl (C=O) groups is 2. The van der Waals surface area contributed by atoms with Crippen LogP contribution in [0.25, 0.3) is 10.4 Å². The molecule has 4 rings (SSSR count). The Bertz CT molecular complexity index is 1740.